The fourth-order valence-corrected chi connectivity index (χ4v) is 5.95. The Bertz CT molecular complexity index is 2020. The minimum atomic E-state index is -0.579. The van der Waals surface area contributed by atoms with Crippen LogP contribution in [0.5, 0.6) is 63.2 Å². The third kappa shape index (κ3) is 9.57. The van der Waals surface area contributed by atoms with E-state index in [1.165, 1.54) is 24.3 Å². The summed E-state index contributed by atoms with van der Waals surface area (Å²) in [5.74, 6) is 0.710. The van der Waals surface area contributed by atoms with Crippen LogP contribution in [0.25, 0.3) is 0 Å². The van der Waals surface area contributed by atoms with E-state index in [1.807, 2.05) is 36.4 Å². The van der Waals surface area contributed by atoms with E-state index in [1.54, 1.807) is 54.6 Å². The molecular weight excluding hydrogens is 648 g/mol. The van der Waals surface area contributed by atoms with Crippen LogP contribution in [0.2, 0.25) is 0 Å². The minimum absolute atomic E-state index is 0.0380. The van der Waals surface area contributed by atoms with E-state index >= 15 is 0 Å². The molecule has 0 fully saturated rings. The number of aromatic hydroxyl groups is 7. The second-order valence-corrected chi connectivity index (χ2v) is 12.5. The van der Waals surface area contributed by atoms with Gasteiger partial charge in [-0.1, -0.05) is 24.3 Å². The zero-order valence-corrected chi connectivity index (χ0v) is 27.7. The molecule has 0 amide bonds. The molecular formula is C42H38O9. The molecule has 6 rings (SSSR count). The molecule has 0 aliphatic heterocycles. The normalized spacial score (nSPS) is 11.0. The largest absolute Gasteiger partial charge is 0.508 e. The smallest absolute Gasteiger partial charge is 0.200 e. The zero-order valence-electron chi connectivity index (χ0n) is 27.7. The van der Waals surface area contributed by atoms with Crippen molar-refractivity contribution in [1.82, 2.24) is 0 Å². The van der Waals surface area contributed by atoms with Crippen molar-refractivity contribution in [1.29, 1.82) is 0 Å². The van der Waals surface area contributed by atoms with Gasteiger partial charge in [0.05, 0.1) is 0 Å². The average molecular weight is 687 g/mol. The molecule has 0 saturated carbocycles. The van der Waals surface area contributed by atoms with Crippen molar-refractivity contribution in [2.75, 3.05) is 0 Å². The van der Waals surface area contributed by atoms with Crippen molar-refractivity contribution in [3.63, 3.8) is 0 Å². The van der Waals surface area contributed by atoms with Crippen molar-refractivity contribution in [2.24, 2.45) is 0 Å². The maximum absolute atomic E-state index is 10.5. The molecule has 6 aromatic rings. The molecule has 0 unspecified atom stereocenters. The maximum Gasteiger partial charge on any atom is 0.200 e. The van der Waals surface area contributed by atoms with Gasteiger partial charge in [-0.05, 0) is 145 Å². The van der Waals surface area contributed by atoms with Crippen molar-refractivity contribution in [2.45, 2.75) is 38.5 Å². The molecule has 0 bridgehead atoms. The van der Waals surface area contributed by atoms with Gasteiger partial charge in [0, 0.05) is 18.2 Å². The third-order valence-corrected chi connectivity index (χ3v) is 8.37. The third-order valence-electron chi connectivity index (χ3n) is 8.37. The lowest BCUT2D eigenvalue weighted by Gasteiger charge is -2.14. The van der Waals surface area contributed by atoms with E-state index in [0.717, 1.165) is 27.8 Å². The molecule has 51 heavy (non-hydrogen) atoms. The highest BCUT2D eigenvalue weighted by Crippen LogP contribution is 2.37. The quantitative estimate of drug-likeness (QED) is 0.0591. The average Bonchev–Trinajstić information content (AvgIpc) is 3.07. The first-order valence-corrected chi connectivity index (χ1v) is 16.5. The van der Waals surface area contributed by atoms with Gasteiger partial charge < -0.3 is 45.2 Å². The Kier molecular flexibility index (Phi) is 10.4. The molecule has 0 aliphatic rings. The summed E-state index contributed by atoms with van der Waals surface area (Å²) >= 11 is 0. The number of hydrogen-bond donors (Lipinski definition) is 7. The molecule has 260 valence electrons. The lowest BCUT2D eigenvalue weighted by molar-refractivity contribution is 0.367. The summed E-state index contributed by atoms with van der Waals surface area (Å²) in [6.07, 6.45) is 3.34. The molecule has 0 spiro atoms. The molecule has 0 aliphatic carbocycles. The lowest BCUT2D eigenvalue weighted by Crippen LogP contribution is -1.96. The number of phenols is 7. The number of aryl methyl sites for hydroxylation is 6. The first-order valence-electron chi connectivity index (χ1n) is 16.5. The first kappa shape index (κ1) is 34.4. The molecule has 0 atom stereocenters. The van der Waals surface area contributed by atoms with Gasteiger partial charge in [0.15, 0.2) is 17.2 Å². The van der Waals surface area contributed by atoms with Crippen LogP contribution in [0, 0.1) is 0 Å². The van der Waals surface area contributed by atoms with E-state index < -0.39 is 17.2 Å². The Morgan fingerprint density at radius 1 is 0.314 bits per heavy atom. The Balaban J connectivity index is 1.25. The highest BCUT2D eigenvalue weighted by atomic mass is 16.5. The molecule has 0 radical (unpaired) electrons. The van der Waals surface area contributed by atoms with E-state index in [9.17, 15) is 35.7 Å². The molecule has 6 aromatic carbocycles. The summed E-state index contributed by atoms with van der Waals surface area (Å²) in [4.78, 5) is 0. The van der Waals surface area contributed by atoms with Crippen molar-refractivity contribution in [3.05, 3.63) is 149 Å². The van der Waals surface area contributed by atoms with E-state index in [4.69, 9.17) is 9.47 Å². The van der Waals surface area contributed by atoms with Gasteiger partial charge in [-0.2, -0.15) is 0 Å². The number of benzene rings is 6. The highest BCUT2D eigenvalue weighted by molar-refractivity contribution is 5.52. The molecule has 0 heterocycles. The number of ether oxygens (including phenoxy) is 2. The molecule has 9 heteroatoms. The SMILES string of the molecule is Oc1cccc(CCc2cc(O)cc(Oc3cc(CCc4cc(O)c(O)c(O)c4)cc(Oc4cc(O)cc(CCc5cccc(O)c5)c4)c3)c2)c1. The Hall–Kier alpha value is -6.48. The zero-order chi connectivity index (χ0) is 35.9. The number of hydrogen-bond acceptors (Lipinski definition) is 9. The fraction of sp³-hybridized carbons (Fsp3) is 0.143. The second kappa shape index (κ2) is 15.4. The predicted octanol–water partition coefficient (Wildman–Crippen LogP) is 8.57. The van der Waals surface area contributed by atoms with Gasteiger partial charge >= 0.3 is 0 Å². The Morgan fingerprint density at radius 2 is 0.647 bits per heavy atom. The van der Waals surface area contributed by atoms with Gasteiger partial charge in [-0.3, -0.25) is 0 Å². The summed E-state index contributed by atoms with van der Waals surface area (Å²) in [7, 11) is 0. The number of rotatable bonds is 13. The highest BCUT2D eigenvalue weighted by Gasteiger charge is 2.12. The van der Waals surface area contributed by atoms with Crippen LogP contribution in [-0.4, -0.2) is 35.7 Å². The molecule has 0 aromatic heterocycles. The first-order chi connectivity index (χ1) is 24.5. The van der Waals surface area contributed by atoms with Gasteiger partial charge in [-0.15, -0.1) is 0 Å². The maximum atomic E-state index is 10.5. The van der Waals surface area contributed by atoms with Crippen LogP contribution in [0.1, 0.15) is 33.4 Å². The fourth-order valence-electron chi connectivity index (χ4n) is 5.95. The summed E-state index contributed by atoms with van der Waals surface area (Å²) in [6.45, 7) is 0. The van der Waals surface area contributed by atoms with E-state index in [0.29, 0.717) is 67.1 Å². The van der Waals surface area contributed by atoms with Gasteiger partial charge in [-0.25, -0.2) is 0 Å². The Labute approximate surface area is 295 Å². The van der Waals surface area contributed by atoms with Crippen LogP contribution in [-0.2, 0) is 38.5 Å². The van der Waals surface area contributed by atoms with Crippen LogP contribution in [0.3, 0.4) is 0 Å². The lowest BCUT2D eigenvalue weighted by atomic mass is 10.0. The summed E-state index contributed by atoms with van der Waals surface area (Å²) in [6, 6.07) is 32.3. The van der Waals surface area contributed by atoms with Crippen LogP contribution in [0.15, 0.2) is 115 Å². The van der Waals surface area contributed by atoms with Gasteiger partial charge in [0.25, 0.3) is 0 Å². The van der Waals surface area contributed by atoms with Crippen LogP contribution in [0.4, 0.5) is 0 Å². The van der Waals surface area contributed by atoms with Crippen LogP contribution >= 0.6 is 0 Å². The van der Waals surface area contributed by atoms with Crippen molar-refractivity contribution in [3.8, 4) is 63.2 Å². The topological polar surface area (TPSA) is 160 Å². The summed E-state index contributed by atoms with van der Waals surface area (Å²) < 4.78 is 12.6. The minimum Gasteiger partial charge on any atom is -0.508 e. The summed E-state index contributed by atoms with van der Waals surface area (Å²) in [5.41, 5.74) is 4.99. The molecule has 0 saturated heterocycles. The van der Waals surface area contributed by atoms with Crippen molar-refractivity contribution < 1.29 is 45.2 Å². The van der Waals surface area contributed by atoms with Gasteiger partial charge in [0.1, 0.15) is 46.0 Å². The standard InChI is InChI=1S/C42H38O9/c43-32-5-1-3-26(13-32)7-9-28-15-34(45)23-36(17-28)50-38-19-30(11-12-31-21-40(47)42(49)41(48)22-31)20-39(25-38)51-37-18-29(16-35(46)24-37)10-8-27-4-2-6-33(44)14-27/h1-6,13-25,43-49H,7-12H2. The monoisotopic (exact) mass is 686 g/mol. The van der Waals surface area contributed by atoms with Crippen molar-refractivity contribution >= 4 is 0 Å². The predicted molar refractivity (Wildman–Crippen MR) is 193 cm³/mol. The summed E-state index contributed by atoms with van der Waals surface area (Å²) in [5, 5.41) is 70.5. The van der Waals surface area contributed by atoms with E-state index in [-0.39, 0.29) is 23.0 Å². The second-order valence-electron chi connectivity index (χ2n) is 12.5. The van der Waals surface area contributed by atoms with E-state index in [2.05, 4.69) is 0 Å². The number of phenolic OH excluding ortho intramolecular Hbond substituents is 7. The van der Waals surface area contributed by atoms with Gasteiger partial charge in [0.2, 0.25) is 0 Å². The molecule has 9 nitrogen and oxygen atoms in total. The Morgan fingerprint density at radius 3 is 1.06 bits per heavy atom. The van der Waals surface area contributed by atoms with Crippen LogP contribution < -0.4 is 9.47 Å². The molecule has 7 N–H and O–H groups in total.